The van der Waals surface area contributed by atoms with Crippen molar-refractivity contribution in [1.29, 1.82) is 0 Å². The Balaban J connectivity index is 2.41. The first-order valence-corrected chi connectivity index (χ1v) is 7.07. The number of hydrogen-bond acceptors (Lipinski definition) is 0. The first kappa shape index (κ1) is 12.7. The molecule has 17 heavy (non-hydrogen) atoms. The largest absolute Gasteiger partial charge is 0.309 e. The second kappa shape index (κ2) is 4.48. The predicted molar refractivity (Wildman–Crippen MR) is 72.5 cm³/mol. The molecule has 0 heterocycles. The molecular weight excluding hydrogens is 206 g/mol. The summed E-state index contributed by atoms with van der Waals surface area (Å²) in [5.74, 6) is 2.51. The van der Waals surface area contributed by atoms with Crippen LogP contribution in [0, 0.1) is 30.2 Å². The Morgan fingerprint density at radius 2 is 2.12 bits per heavy atom. The first-order chi connectivity index (χ1) is 8.01. The van der Waals surface area contributed by atoms with Crippen LogP contribution >= 0.6 is 0 Å². The molecule has 1 heteroatoms. The highest BCUT2D eigenvalue weighted by molar-refractivity contribution is 5.23. The van der Waals surface area contributed by atoms with E-state index in [9.17, 15) is 0 Å². The fourth-order valence-corrected chi connectivity index (χ4v) is 4.03. The summed E-state index contributed by atoms with van der Waals surface area (Å²) < 4.78 is 0. The molecule has 4 atom stereocenters. The van der Waals surface area contributed by atoms with Gasteiger partial charge in [0.15, 0.2) is 0 Å². The van der Waals surface area contributed by atoms with E-state index < -0.39 is 0 Å². The molecule has 0 aromatic heterocycles. The van der Waals surface area contributed by atoms with Crippen LogP contribution in [0.2, 0.25) is 0 Å². The normalized spacial score (nSPS) is 41.6. The van der Waals surface area contributed by atoms with Crippen LogP contribution in [0.1, 0.15) is 53.4 Å². The molecule has 0 N–H and O–H groups in total. The van der Waals surface area contributed by atoms with Crippen molar-refractivity contribution in [1.82, 2.24) is 0 Å². The number of nitrogens with zero attached hydrogens (tertiary/aromatic N) is 1. The second-order valence-electron chi connectivity index (χ2n) is 6.53. The smallest absolute Gasteiger partial charge is 0.241 e. The van der Waals surface area contributed by atoms with Crippen LogP contribution < -0.4 is 0 Å². The molecule has 0 amide bonds. The molecule has 0 radical (unpaired) electrons. The summed E-state index contributed by atoms with van der Waals surface area (Å²) in [5.41, 5.74) is 1.43. The van der Waals surface area contributed by atoms with Gasteiger partial charge in [-0.3, -0.25) is 0 Å². The molecular formula is C16H25N. The lowest BCUT2D eigenvalue weighted by molar-refractivity contribution is 0.0851. The van der Waals surface area contributed by atoms with Gasteiger partial charge in [0.1, 0.15) is 0 Å². The molecule has 0 saturated heterocycles. The fraction of sp³-hybridized carbons (Fsp3) is 0.812. The Morgan fingerprint density at radius 1 is 1.41 bits per heavy atom. The van der Waals surface area contributed by atoms with Crippen LogP contribution in [0.5, 0.6) is 0 Å². The van der Waals surface area contributed by atoms with Crippen molar-refractivity contribution >= 4 is 0 Å². The van der Waals surface area contributed by atoms with Gasteiger partial charge in [0.25, 0.3) is 0 Å². The molecule has 1 fully saturated rings. The van der Waals surface area contributed by atoms with Gasteiger partial charge in [-0.05, 0) is 38.0 Å². The van der Waals surface area contributed by atoms with Gasteiger partial charge in [-0.1, -0.05) is 32.4 Å². The minimum Gasteiger partial charge on any atom is -0.309 e. The van der Waals surface area contributed by atoms with Gasteiger partial charge in [0, 0.05) is 12.3 Å². The molecule has 2 aliphatic carbocycles. The molecule has 0 spiro atoms. The van der Waals surface area contributed by atoms with Crippen molar-refractivity contribution in [2.24, 2.45) is 23.7 Å². The molecule has 1 nitrogen and oxygen atoms in total. The number of rotatable bonds is 1. The maximum Gasteiger partial charge on any atom is 0.241 e. The van der Waals surface area contributed by atoms with Crippen molar-refractivity contribution in [3.05, 3.63) is 23.1 Å². The highest BCUT2D eigenvalue weighted by Crippen LogP contribution is 2.52. The number of allylic oxidation sites excluding steroid dienone is 1. The molecule has 0 bridgehead atoms. The Morgan fingerprint density at radius 3 is 2.71 bits per heavy atom. The van der Waals surface area contributed by atoms with Crippen LogP contribution in [0.4, 0.5) is 0 Å². The third-order valence-electron chi connectivity index (χ3n) is 5.27. The van der Waals surface area contributed by atoms with E-state index >= 15 is 0 Å². The minimum absolute atomic E-state index is 0.0767. The van der Waals surface area contributed by atoms with Gasteiger partial charge >= 0.3 is 0 Å². The van der Waals surface area contributed by atoms with Crippen molar-refractivity contribution in [3.8, 4) is 0 Å². The summed E-state index contributed by atoms with van der Waals surface area (Å²) >= 11 is 0. The van der Waals surface area contributed by atoms with Gasteiger partial charge in [-0.15, -0.1) is 0 Å². The lowest BCUT2D eigenvalue weighted by Crippen LogP contribution is -2.50. The Labute approximate surface area is 106 Å². The van der Waals surface area contributed by atoms with E-state index in [0.29, 0.717) is 17.8 Å². The zero-order valence-corrected chi connectivity index (χ0v) is 11.7. The van der Waals surface area contributed by atoms with Crippen LogP contribution in [-0.4, -0.2) is 5.54 Å². The molecule has 0 aromatic rings. The van der Waals surface area contributed by atoms with Gasteiger partial charge < -0.3 is 4.85 Å². The first-order valence-electron chi connectivity index (χ1n) is 7.07. The van der Waals surface area contributed by atoms with Gasteiger partial charge in [-0.25, -0.2) is 6.57 Å². The van der Waals surface area contributed by atoms with E-state index in [1.807, 2.05) is 0 Å². The lowest BCUT2D eigenvalue weighted by Gasteiger charge is -2.46. The summed E-state index contributed by atoms with van der Waals surface area (Å²) in [6, 6.07) is 0. The Hall–Kier alpha value is -0.770. The van der Waals surface area contributed by atoms with E-state index in [2.05, 4.69) is 38.6 Å². The average Bonchev–Trinajstić information content (AvgIpc) is 2.29. The highest BCUT2D eigenvalue weighted by Gasteiger charge is 2.56. The van der Waals surface area contributed by atoms with Crippen LogP contribution in [0.25, 0.3) is 4.85 Å². The van der Waals surface area contributed by atoms with Crippen LogP contribution in [0.15, 0.2) is 11.6 Å². The maximum absolute atomic E-state index is 7.74. The monoisotopic (exact) mass is 231 g/mol. The third-order valence-corrected chi connectivity index (χ3v) is 5.27. The number of fused-ring (bicyclic) bond motifs is 1. The molecule has 1 unspecified atom stereocenters. The van der Waals surface area contributed by atoms with Gasteiger partial charge in [0.05, 0.1) is 5.92 Å². The molecule has 94 valence electrons. The standard InChI is InChI=1S/C16H25N/c1-11(2)14-7-6-13(4)16(17-5)9-8-12(3)10-15(14)16/h10-11,13-15H,6-9H2,1-4H3/t13-,14?,15+,16-/m1/s1. The van der Waals surface area contributed by atoms with E-state index in [4.69, 9.17) is 6.57 Å². The molecule has 0 aromatic carbocycles. The summed E-state index contributed by atoms with van der Waals surface area (Å²) in [5, 5.41) is 0. The van der Waals surface area contributed by atoms with Crippen LogP contribution in [-0.2, 0) is 0 Å². The average molecular weight is 231 g/mol. The lowest BCUT2D eigenvalue weighted by atomic mass is 9.56. The van der Waals surface area contributed by atoms with Crippen molar-refractivity contribution in [2.75, 3.05) is 0 Å². The van der Waals surface area contributed by atoms with Gasteiger partial charge in [0.2, 0.25) is 5.54 Å². The zero-order valence-electron chi connectivity index (χ0n) is 11.7. The van der Waals surface area contributed by atoms with Crippen molar-refractivity contribution < 1.29 is 0 Å². The Kier molecular flexibility index (Phi) is 3.34. The van der Waals surface area contributed by atoms with E-state index in [-0.39, 0.29) is 5.54 Å². The minimum atomic E-state index is -0.0767. The van der Waals surface area contributed by atoms with E-state index in [0.717, 1.165) is 18.8 Å². The summed E-state index contributed by atoms with van der Waals surface area (Å²) in [6.07, 6.45) is 7.23. The fourth-order valence-electron chi connectivity index (χ4n) is 4.03. The van der Waals surface area contributed by atoms with Crippen LogP contribution in [0.3, 0.4) is 0 Å². The topological polar surface area (TPSA) is 4.36 Å². The summed E-state index contributed by atoms with van der Waals surface area (Å²) in [7, 11) is 0. The molecule has 0 aliphatic heterocycles. The number of hydrogen-bond donors (Lipinski definition) is 0. The summed E-state index contributed by atoms with van der Waals surface area (Å²) in [4.78, 5) is 4.15. The Bertz CT molecular complexity index is 360. The van der Waals surface area contributed by atoms with Crippen molar-refractivity contribution in [2.45, 2.75) is 58.9 Å². The zero-order chi connectivity index (χ0) is 12.6. The summed E-state index contributed by atoms with van der Waals surface area (Å²) in [6.45, 7) is 16.9. The highest BCUT2D eigenvalue weighted by atomic mass is 14.9. The van der Waals surface area contributed by atoms with Gasteiger partial charge in [-0.2, -0.15) is 0 Å². The molecule has 2 aliphatic rings. The maximum atomic E-state index is 7.74. The quantitative estimate of drug-likeness (QED) is 0.455. The third kappa shape index (κ3) is 1.92. The predicted octanol–water partition coefficient (Wildman–Crippen LogP) is 4.70. The molecule has 2 rings (SSSR count). The van der Waals surface area contributed by atoms with Crippen molar-refractivity contribution in [3.63, 3.8) is 0 Å². The van der Waals surface area contributed by atoms with E-state index in [1.54, 1.807) is 0 Å². The molecule has 1 saturated carbocycles. The SMILES string of the molecule is [C-]#[N+][C@@]12CCC(C)=C[C@H]1C(C(C)C)CC[C@H]2C. The van der Waals surface area contributed by atoms with E-state index in [1.165, 1.54) is 18.4 Å². The second-order valence-corrected chi connectivity index (χ2v) is 6.53.